The fourth-order valence-corrected chi connectivity index (χ4v) is 1.59. The first kappa shape index (κ1) is 13.9. The molecular weight excluding hydrogens is 270 g/mol. The Labute approximate surface area is 112 Å². The lowest BCUT2D eigenvalue weighted by molar-refractivity contribution is -0.385. The van der Waals surface area contributed by atoms with E-state index in [-0.39, 0.29) is 18.0 Å². The first-order valence-electron chi connectivity index (χ1n) is 5.61. The molecule has 0 radical (unpaired) electrons. The van der Waals surface area contributed by atoms with E-state index in [1.807, 2.05) is 0 Å². The Kier molecular flexibility index (Phi) is 3.90. The average Bonchev–Trinajstić information content (AvgIpc) is 2.40. The Morgan fingerprint density at radius 1 is 1.15 bits per heavy atom. The number of halogens is 2. The molecule has 0 saturated carbocycles. The van der Waals surface area contributed by atoms with E-state index in [9.17, 15) is 18.9 Å². The lowest BCUT2D eigenvalue weighted by Crippen LogP contribution is -1.99. The number of ether oxygens (including phenoxy) is 1. The quantitative estimate of drug-likeness (QED) is 0.689. The Hall–Kier alpha value is -2.54. The summed E-state index contributed by atoms with van der Waals surface area (Å²) in [6, 6.07) is 6.67. The van der Waals surface area contributed by atoms with Gasteiger partial charge in [-0.05, 0) is 23.8 Å². The van der Waals surface area contributed by atoms with E-state index in [0.717, 1.165) is 24.3 Å². The van der Waals surface area contributed by atoms with E-state index in [2.05, 4.69) is 0 Å². The van der Waals surface area contributed by atoms with Gasteiger partial charge in [0.2, 0.25) is 5.75 Å². The summed E-state index contributed by atoms with van der Waals surface area (Å²) in [6.07, 6.45) is 0. The van der Waals surface area contributed by atoms with Gasteiger partial charge in [-0.15, -0.1) is 0 Å². The van der Waals surface area contributed by atoms with Gasteiger partial charge in [-0.25, -0.2) is 8.78 Å². The number of rotatable bonds is 4. The lowest BCUT2D eigenvalue weighted by Gasteiger charge is -2.08. The summed E-state index contributed by atoms with van der Waals surface area (Å²) in [6.45, 7) is 0.150. The van der Waals surface area contributed by atoms with Crippen molar-refractivity contribution in [3.63, 3.8) is 0 Å². The summed E-state index contributed by atoms with van der Waals surface area (Å²) in [4.78, 5) is 10.1. The van der Waals surface area contributed by atoms with Gasteiger partial charge < -0.3 is 10.5 Å². The second-order valence-corrected chi connectivity index (χ2v) is 3.94. The van der Waals surface area contributed by atoms with Crippen LogP contribution < -0.4 is 10.5 Å². The van der Waals surface area contributed by atoms with Gasteiger partial charge in [-0.3, -0.25) is 10.1 Å². The van der Waals surface area contributed by atoms with Gasteiger partial charge in [0.05, 0.1) is 4.92 Å². The van der Waals surface area contributed by atoms with Gasteiger partial charge >= 0.3 is 5.69 Å². The fourth-order valence-electron chi connectivity index (χ4n) is 1.59. The van der Waals surface area contributed by atoms with Crippen molar-refractivity contribution >= 4 is 5.69 Å². The highest BCUT2D eigenvalue weighted by molar-refractivity contribution is 5.48. The molecule has 0 unspecified atom stereocenters. The Balaban J connectivity index is 2.39. The SMILES string of the molecule is NCc1ccc(Oc2cc(F)ccc2[N+](=O)[O-])c(F)c1. The predicted octanol–water partition coefficient (Wildman–Crippen LogP) is 3.12. The summed E-state index contributed by atoms with van der Waals surface area (Å²) < 4.78 is 31.9. The van der Waals surface area contributed by atoms with E-state index >= 15 is 0 Å². The number of hydrogen-bond donors (Lipinski definition) is 1. The highest BCUT2D eigenvalue weighted by Gasteiger charge is 2.18. The fraction of sp³-hybridized carbons (Fsp3) is 0.0769. The predicted molar refractivity (Wildman–Crippen MR) is 67.4 cm³/mol. The van der Waals surface area contributed by atoms with Crippen LogP contribution in [-0.2, 0) is 6.54 Å². The summed E-state index contributed by atoms with van der Waals surface area (Å²) >= 11 is 0. The minimum Gasteiger partial charge on any atom is -0.447 e. The smallest absolute Gasteiger partial charge is 0.311 e. The molecule has 0 aliphatic heterocycles. The normalized spacial score (nSPS) is 10.3. The number of nitrogens with zero attached hydrogens (tertiary/aromatic N) is 1. The maximum atomic E-state index is 13.7. The molecule has 5 nitrogen and oxygen atoms in total. The molecule has 0 aliphatic rings. The molecular formula is C13H10F2N2O3. The molecule has 2 aromatic rings. The minimum atomic E-state index is -0.735. The largest absolute Gasteiger partial charge is 0.447 e. The molecule has 20 heavy (non-hydrogen) atoms. The first-order chi connectivity index (χ1) is 9.51. The van der Waals surface area contributed by atoms with Crippen molar-refractivity contribution in [2.24, 2.45) is 5.73 Å². The molecule has 0 amide bonds. The van der Waals surface area contributed by atoms with Crippen molar-refractivity contribution in [1.82, 2.24) is 0 Å². The number of benzene rings is 2. The van der Waals surface area contributed by atoms with Crippen molar-refractivity contribution in [3.05, 3.63) is 63.7 Å². The molecule has 7 heteroatoms. The van der Waals surface area contributed by atoms with Crippen LogP contribution in [0, 0.1) is 21.7 Å². The Morgan fingerprint density at radius 2 is 1.90 bits per heavy atom. The van der Waals surface area contributed by atoms with Crippen LogP contribution >= 0.6 is 0 Å². The molecule has 0 aromatic heterocycles. The van der Waals surface area contributed by atoms with Crippen LogP contribution in [0.1, 0.15) is 5.56 Å². The van der Waals surface area contributed by atoms with Gasteiger partial charge in [0.1, 0.15) is 5.82 Å². The molecule has 2 N–H and O–H groups in total. The summed E-state index contributed by atoms with van der Waals surface area (Å²) in [5.74, 6) is -2.05. The Morgan fingerprint density at radius 3 is 2.50 bits per heavy atom. The van der Waals surface area contributed by atoms with Crippen LogP contribution in [0.3, 0.4) is 0 Å². The number of hydrogen-bond acceptors (Lipinski definition) is 4. The van der Waals surface area contributed by atoms with E-state index in [4.69, 9.17) is 10.5 Å². The molecule has 0 saturated heterocycles. The zero-order valence-corrected chi connectivity index (χ0v) is 10.2. The van der Waals surface area contributed by atoms with Gasteiger partial charge in [0.15, 0.2) is 11.6 Å². The van der Waals surface area contributed by atoms with Gasteiger partial charge in [0, 0.05) is 18.7 Å². The monoisotopic (exact) mass is 280 g/mol. The van der Waals surface area contributed by atoms with Crippen molar-refractivity contribution in [3.8, 4) is 11.5 Å². The first-order valence-corrected chi connectivity index (χ1v) is 5.61. The van der Waals surface area contributed by atoms with Gasteiger partial charge in [0.25, 0.3) is 0 Å². The standard InChI is InChI=1S/C13H10F2N2O3/c14-9-2-3-11(17(18)19)13(6-9)20-12-4-1-8(7-16)5-10(12)15/h1-6H,7,16H2. The van der Waals surface area contributed by atoms with Crippen molar-refractivity contribution < 1.29 is 18.4 Å². The van der Waals surface area contributed by atoms with Crippen LogP contribution in [0.4, 0.5) is 14.5 Å². The highest BCUT2D eigenvalue weighted by atomic mass is 19.1. The molecule has 2 aromatic carbocycles. The zero-order valence-electron chi connectivity index (χ0n) is 10.2. The van der Waals surface area contributed by atoms with Crippen molar-refractivity contribution in [1.29, 1.82) is 0 Å². The summed E-state index contributed by atoms with van der Waals surface area (Å²) in [5.41, 5.74) is 5.45. The number of nitro groups is 1. The van der Waals surface area contributed by atoms with Crippen LogP contribution in [-0.4, -0.2) is 4.92 Å². The maximum Gasteiger partial charge on any atom is 0.311 e. The molecule has 0 bridgehead atoms. The van der Waals surface area contributed by atoms with Gasteiger partial charge in [-0.1, -0.05) is 6.07 Å². The van der Waals surface area contributed by atoms with Crippen LogP contribution in [0.15, 0.2) is 36.4 Å². The number of nitro benzene ring substituents is 1. The lowest BCUT2D eigenvalue weighted by atomic mass is 10.2. The molecule has 0 fully saturated rings. The maximum absolute atomic E-state index is 13.7. The van der Waals surface area contributed by atoms with Crippen LogP contribution in [0.2, 0.25) is 0 Å². The third-order valence-corrected chi connectivity index (χ3v) is 2.57. The second kappa shape index (κ2) is 5.62. The molecule has 2 rings (SSSR count). The Bertz CT molecular complexity index is 662. The van der Waals surface area contributed by atoms with Crippen LogP contribution in [0.25, 0.3) is 0 Å². The van der Waals surface area contributed by atoms with Crippen molar-refractivity contribution in [2.75, 3.05) is 0 Å². The van der Waals surface area contributed by atoms with Crippen LogP contribution in [0.5, 0.6) is 11.5 Å². The van der Waals surface area contributed by atoms with E-state index in [1.165, 1.54) is 12.1 Å². The molecule has 0 spiro atoms. The molecule has 104 valence electrons. The highest BCUT2D eigenvalue weighted by Crippen LogP contribution is 2.33. The summed E-state index contributed by atoms with van der Waals surface area (Å²) in [7, 11) is 0. The van der Waals surface area contributed by atoms with Gasteiger partial charge in [-0.2, -0.15) is 0 Å². The third kappa shape index (κ3) is 2.89. The zero-order chi connectivity index (χ0) is 14.7. The molecule has 0 aliphatic carbocycles. The van der Waals surface area contributed by atoms with E-state index in [0.29, 0.717) is 5.56 Å². The number of nitrogens with two attached hydrogens (primary N) is 1. The summed E-state index contributed by atoms with van der Waals surface area (Å²) in [5, 5.41) is 10.8. The topological polar surface area (TPSA) is 78.4 Å². The minimum absolute atomic E-state index is 0.150. The van der Waals surface area contributed by atoms with E-state index < -0.39 is 22.2 Å². The average molecular weight is 280 g/mol. The second-order valence-electron chi connectivity index (χ2n) is 3.94. The third-order valence-electron chi connectivity index (χ3n) is 2.57. The van der Waals surface area contributed by atoms with Crippen molar-refractivity contribution in [2.45, 2.75) is 6.54 Å². The molecule has 0 atom stereocenters. The molecule has 0 heterocycles. The van der Waals surface area contributed by atoms with E-state index in [1.54, 1.807) is 0 Å².